The SMILES string of the molecule is NC(=O)COc1cccc(C(=O)NC(c2ccc(F)cc2)C2CCCC2)c1. The minimum absolute atomic E-state index is 0.171. The van der Waals surface area contributed by atoms with Gasteiger partial charge in [-0.3, -0.25) is 9.59 Å². The lowest BCUT2D eigenvalue weighted by molar-refractivity contribution is -0.119. The van der Waals surface area contributed by atoms with Crippen LogP contribution < -0.4 is 15.8 Å². The van der Waals surface area contributed by atoms with Crippen LogP contribution in [0.5, 0.6) is 5.75 Å². The van der Waals surface area contributed by atoms with E-state index in [0.717, 1.165) is 31.2 Å². The molecule has 0 heterocycles. The molecule has 1 saturated carbocycles. The number of benzene rings is 2. The molecular formula is C21H23FN2O3. The highest BCUT2D eigenvalue weighted by atomic mass is 19.1. The molecule has 0 radical (unpaired) electrons. The maximum absolute atomic E-state index is 13.3. The van der Waals surface area contributed by atoms with Gasteiger partial charge in [-0.2, -0.15) is 0 Å². The number of nitrogens with one attached hydrogen (secondary N) is 1. The highest BCUT2D eigenvalue weighted by molar-refractivity contribution is 5.94. The molecular weight excluding hydrogens is 347 g/mol. The highest BCUT2D eigenvalue weighted by Crippen LogP contribution is 2.36. The normalized spacial score (nSPS) is 15.3. The summed E-state index contributed by atoms with van der Waals surface area (Å²) in [5.74, 6) is -0.382. The van der Waals surface area contributed by atoms with Crippen LogP contribution in [0.15, 0.2) is 48.5 Å². The van der Waals surface area contributed by atoms with E-state index in [9.17, 15) is 14.0 Å². The fourth-order valence-electron chi connectivity index (χ4n) is 3.54. The molecule has 1 unspecified atom stereocenters. The van der Waals surface area contributed by atoms with Crippen molar-refractivity contribution in [3.63, 3.8) is 0 Å². The first-order valence-electron chi connectivity index (χ1n) is 9.10. The molecule has 2 amide bonds. The molecule has 1 aliphatic rings. The van der Waals surface area contributed by atoms with Gasteiger partial charge >= 0.3 is 0 Å². The summed E-state index contributed by atoms with van der Waals surface area (Å²) in [6, 6.07) is 12.7. The molecule has 0 aromatic heterocycles. The molecule has 0 aliphatic heterocycles. The van der Waals surface area contributed by atoms with E-state index in [4.69, 9.17) is 10.5 Å². The van der Waals surface area contributed by atoms with Crippen molar-refractivity contribution in [3.8, 4) is 5.75 Å². The lowest BCUT2D eigenvalue weighted by Gasteiger charge is -2.25. The number of primary amides is 1. The van der Waals surface area contributed by atoms with Crippen molar-refractivity contribution in [1.29, 1.82) is 0 Å². The lowest BCUT2D eigenvalue weighted by atomic mass is 9.91. The third-order valence-electron chi connectivity index (χ3n) is 4.86. The van der Waals surface area contributed by atoms with Crippen LogP contribution in [0.1, 0.15) is 47.6 Å². The lowest BCUT2D eigenvalue weighted by Crippen LogP contribution is -2.32. The summed E-state index contributed by atoms with van der Waals surface area (Å²) in [6.07, 6.45) is 4.33. The largest absolute Gasteiger partial charge is 0.484 e. The van der Waals surface area contributed by atoms with Crippen LogP contribution in [0, 0.1) is 11.7 Å². The van der Waals surface area contributed by atoms with Crippen LogP contribution in [-0.4, -0.2) is 18.4 Å². The Kier molecular flexibility index (Phi) is 6.06. The first-order chi connectivity index (χ1) is 13.0. The molecule has 6 heteroatoms. The topological polar surface area (TPSA) is 81.4 Å². The average Bonchev–Trinajstić information content (AvgIpc) is 3.20. The summed E-state index contributed by atoms with van der Waals surface area (Å²) >= 11 is 0. The number of nitrogens with two attached hydrogens (primary N) is 1. The van der Waals surface area contributed by atoms with Crippen molar-refractivity contribution in [3.05, 3.63) is 65.5 Å². The van der Waals surface area contributed by atoms with E-state index < -0.39 is 5.91 Å². The van der Waals surface area contributed by atoms with E-state index in [1.807, 2.05) is 0 Å². The maximum atomic E-state index is 13.3. The molecule has 0 bridgehead atoms. The summed E-state index contributed by atoms with van der Waals surface area (Å²) in [7, 11) is 0. The quantitative estimate of drug-likeness (QED) is 0.784. The van der Waals surface area contributed by atoms with Crippen molar-refractivity contribution in [1.82, 2.24) is 5.32 Å². The zero-order chi connectivity index (χ0) is 19.2. The molecule has 5 nitrogen and oxygen atoms in total. The van der Waals surface area contributed by atoms with Gasteiger partial charge in [0.25, 0.3) is 11.8 Å². The third kappa shape index (κ3) is 5.06. The van der Waals surface area contributed by atoms with Crippen molar-refractivity contribution in [2.45, 2.75) is 31.7 Å². The van der Waals surface area contributed by atoms with Crippen LogP contribution in [0.2, 0.25) is 0 Å². The molecule has 142 valence electrons. The zero-order valence-corrected chi connectivity index (χ0v) is 15.0. The summed E-state index contributed by atoms with van der Waals surface area (Å²) < 4.78 is 18.6. The summed E-state index contributed by atoms with van der Waals surface area (Å²) in [4.78, 5) is 23.7. The van der Waals surface area contributed by atoms with Crippen LogP contribution >= 0.6 is 0 Å². The summed E-state index contributed by atoms with van der Waals surface area (Å²) in [5.41, 5.74) is 6.41. The van der Waals surface area contributed by atoms with E-state index in [1.165, 1.54) is 12.1 Å². The van der Waals surface area contributed by atoms with E-state index in [0.29, 0.717) is 17.2 Å². The average molecular weight is 370 g/mol. The predicted molar refractivity (Wildman–Crippen MR) is 99.7 cm³/mol. The molecule has 2 aromatic rings. The molecule has 1 fully saturated rings. The monoisotopic (exact) mass is 370 g/mol. The predicted octanol–water partition coefficient (Wildman–Crippen LogP) is 3.35. The Hall–Kier alpha value is -2.89. The van der Waals surface area contributed by atoms with E-state index >= 15 is 0 Å². The Bertz CT molecular complexity index is 801. The van der Waals surface area contributed by atoms with Gasteiger partial charge in [0.2, 0.25) is 0 Å². The standard InChI is InChI=1S/C21H23FN2O3/c22-17-10-8-15(9-11-17)20(14-4-1-2-5-14)24-21(26)16-6-3-7-18(12-16)27-13-19(23)25/h3,6-12,14,20H,1-2,4-5,13H2,(H2,23,25)(H,24,26). The van der Waals surface area contributed by atoms with Crippen LogP contribution in [0.4, 0.5) is 4.39 Å². The second kappa shape index (κ2) is 8.66. The first kappa shape index (κ1) is 18.9. The Labute approximate surface area is 157 Å². The molecule has 3 N–H and O–H groups in total. The maximum Gasteiger partial charge on any atom is 0.255 e. The van der Waals surface area contributed by atoms with E-state index in [-0.39, 0.29) is 24.4 Å². The van der Waals surface area contributed by atoms with E-state index in [2.05, 4.69) is 5.32 Å². The molecule has 1 aliphatic carbocycles. The van der Waals surface area contributed by atoms with Crippen LogP contribution in [0.3, 0.4) is 0 Å². The van der Waals surface area contributed by atoms with Gasteiger partial charge in [-0.05, 0) is 54.7 Å². The van der Waals surface area contributed by atoms with Gasteiger partial charge in [-0.15, -0.1) is 0 Å². The van der Waals surface area contributed by atoms with Crippen molar-refractivity contribution in [2.75, 3.05) is 6.61 Å². The molecule has 0 spiro atoms. The molecule has 2 aromatic carbocycles. The van der Waals surface area contributed by atoms with Gasteiger partial charge in [-0.25, -0.2) is 4.39 Å². The number of hydrogen-bond acceptors (Lipinski definition) is 3. The van der Waals surface area contributed by atoms with E-state index in [1.54, 1.807) is 36.4 Å². The Morgan fingerprint density at radius 2 is 1.85 bits per heavy atom. The number of ether oxygens (including phenoxy) is 1. The number of amides is 2. The van der Waals surface area contributed by atoms with Crippen molar-refractivity contribution < 1.29 is 18.7 Å². The van der Waals surface area contributed by atoms with Crippen molar-refractivity contribution >= 4 is 11.8 Å². The smallest absolute Gasteiger partial charge is 0.255 e. The second-order valence-electron chi connectivity index (χ2n) is 6.83. The van der Waals surface area contributed by atoms with Gasteiger partial charge in [-0.1, -0.05) is 31.0 Å². The Morgan fingerprint density at radius 1 is 1.15 bits per heavy atom. The summed E-state index contributed by atoms with van der Waals surface area (Å²) in [5, 5.41) is 3.09. The second-order valence-corrected chi connectivity index (χ2v) is 6.83. The van der Waals surface area contributed by atoms with Gasteiger partial charge < -0.3 is 15.8 Å². The molecule has 3 rings (SSSR count). The number of halogens is 1. The Balaban J connectivity index is 1.77. The fraction of sp³-hybridized carbons (Fsp3) is 0.333. The fourth-order valence-corrected chi connectivity index (χ4v) is 3.54. The van der Waals surface area contributed by atoms with Crippen LogP contribution in [0.25, 0.3) is 0 Å². The Morgan fingerprint density at radius 3 is 2.52 bits per heavy atom. The number of rotatable bonds is 7. The van der Waals surface area contributed by atoms with Gasteiger partial charge in [0.1, 0.15) is 11.6 Å². The van der Waals surface area contributed by atoms with Crippen molar-refractivity contribution in [2.24, 2.45) is 11.7 Å². The third-order valence-corrected chi connectivity index (χ3v) is 4.86. The minimum Gasteiger partial charge on any atom is -0.484 e. The van der Waals surface area contributed by atoms with Gasteiger partial charge in [0.15, 0.2) is 6.61 Å². The molecule has 27 heavy (non-hydrogen) atoms. The first-order valence-corrected chi connectivity index (χ1v) is 9.10. The zero-order valence-electron chi connectivity index (χ0n) is 15.0. The molecule has 0 saturated heterocycles. The highest BCUT2D eigenvalue weighted by Gasteiger charge is 2.28. The van der Waals surface area contributed by atoms with Crippen LogP contribution in [-0.2, 0) is 4.79 Å². The number of carbonyl (C=O) groups is 2. The number of carbonyl (C=O) groups excluding carboxylic acids is 2. The summed E-state index contributed by atoms with van der Waals surface area (Å²) in [6.45, 7) is -0.245. The minimum atomic E-state index is -0.581. The number of hydrogen-bond donors (Lipinski definition) is 2. The van der Waals surface area contributed by atoms with Gasteiger partial charge in [0.05, 0.1) is 6.04 Å². The molecule has 1 atom stereocenters. The van der Waals surface area contributed by atoms with Gasteiger partial charge in [0, 0.05) is 5.56 Å².